The van der Waals surface area contributed by atoms with Crippen molar-refractivity contribution in [3.05, 3.63) is 0 Å². The topological polar surface area (TPSA) is 92.7 Å². The Hall–Kier alpha value is -1.59. The second-order valence-corrected chi connectivity index (χ2v) is 6.50. The molecule has 0 spiro atoms. The maximum atomic E-state index is 12.1. The number of esters is 1. The second kappa shape index (κ2) is 8.15. The van der Waals surface area contributed by atoms with Crippen molar-refractivity contribution in [3.63, 3.8) is 0 Å². The van der Waals surface area contributed by atoms with Gasteiger partial charge in [0.05, 0.1) is 23.8 Å². The summed E-state index contributed by atoms with van der Waals surface area (Å²) < 4.78 is 5.14. The van der Waals surface area contributed by atoms with Gasteiger partial charge in [-0.2, -0.15) is 0 Å². The number of ether oxygens (including phenoxy) is 1. The Morgan fingerprint density at radius 3 is 2.32 bits per heavy atom. The number of carbonyl (C=O) groups is 3. The van der Waals surface area contributed by atoms with Crippen molar-refractivity contribution >= 4 is 17.8 Å². The van der Waals surface area contributed by atoms with Gasteiger partial charge in [0.15, 0.2) is 0 Å². The lowest BCUT2D eigenvalue weighted by Crippen LogP contribution is -2.41. The fourth-order valence-corrected chi connectivity index (χ4v) is 2.53. The minimum atomic E-state index is -0.907. The summed E-state index contributed by atoms with van der Waals surface area (Å²) in [6.45, 7) is 5.87. The number of rotatable bonds is 7. The van der Waals surface area contributed by atoms with E-state index in [9.17, 15) is 14.4 Å². The van der Waals surface area contributed by atoms with Gasteiger partial charge in [0.2, 0.25) is 5.91 Å². The fraction of sp³-hybridized carbons (Fsp3) is 0.812. The van der Waals surface area contributed by atoms with Crippen LogP contribution in [0.1, 0.15) is 52.9 Å². The van der Waals surface area contributed by atoms with Crippen LogP contribution < -0.4 is 5.32 Å². The molecule has 126 valence electrons. The standard InChI is InChI=1S/C16H27NO5/c1-4-16(2,3)15(21)22-10-9-17-13(18)11-7-5-6-8-12(11)14(19)20/h11-12H,4-10H2,1-3H3,(H,17,18)(H,19,20). The molecule has 2 unspecified atom stereocenters. The van der Waals surface area contributed by atoms with Crippen LogP contribution in [0.25, 0.3) is 0 Å². The van der Waals surface area contributed by atoms with Gasteiger partial charge in [-0.3, -0.25) is 14.4 Å². The van der Waals surface area contributed by atoms with E-state index in [2.05, 4.69) is 5.32 Å². The van der Waals surface area contributed by atoms with Crippen molar-refractivity contribution in [1.82, 2.24) is 5.32 Å². The molecule has 0 aliphatic heterocycles. The normalized spacial score (nSPS) is 22.0. The average Bonchev–Trinajstić information content (AvgIpc) is 2.50. The highest BCUT2D eigenvalue weighted by Crippen LogP contribution is 2.30. The first-order valence-corrected chi connectivity index (χ1v) is 7.97. The van der Waals surface area contributed by atoms with Crippen LogP contribution in [-0.4, -0.2) is 36.1 Å². The lowest BCUT2D eigenvalue weighted by molar-refractivity contribution is -0.154. The molecule has 0 heterocycles. The quantitative estimate of drug-likeness (QED) is 0.554. The van der Waals surface area contributed by atoms with Gasteiger partial charge >= 0.3 is 11.9 Å². The van der Waals surface area contributed by atoms with Gasteiger partial charge in [0.25, 0.3) is 0 Å². The largest absolute Gasteiger partial charge is 0.481 e. The van der Waals surface area contributed by atoms with Gasteiger partial charge in [-0.15, -0.1) is 0 Å². The number of amides is 1. The Morgan fingerprint density at radius 2 is 1.77 bits per heavy atom. The summed E-state index contributed by atoms with van der Waals surface area (Å²) in [5.74, 6) is -2.52. The predicted molar refractivity (Wildman–Crippen MR) is 81.1 cm³/mol. The molecular weight excluding hydrogens is 286 g/mol. The molecule has 1 saturated carbocycles. The Labute approximate surface area is 131 Å². The fourth-order valence-electron chi connectivity index (χ4n) is 2.53. The van der Waals surface area contributed by atoms with E-state index in [0.29, 0.717) is 19.3 Å². The monoisotopic (exact) mass is 313 g/mol. The number of nitrogens with one attached hydrogen (secondary N) is 1. The molecule has 1 amide bonds. The number of aliphatic carboxylic acids is 1. The molecule has 22 heavy (non-hydrogen) atoms. The third-order valence-electron chi connectivity index (χ3n) is 4.49. The highest BCUT2D eigenvalue weighted by Gasteiger charge is 2.35. The zero-order chi connectivity index (χ0) is 16.8. The molecule has 0 bridgehead atoms. The Morgan fingerprint density at radius 1 is 1.18 bits per heavy atom. The highest BCUT2D eigenvalue weighted by molar-refractivity contribution is 5.84. The van der Waals surface area contributed by atoms with E-state index in [4.69, 9.17) is 9.84 Å². The molecule has 0 radical (unpaired) electrons. The molecule has 6 heteroatoms. The third-order valence-corrected chi connectivity index (χ3v) is 4.49. The van der Waals surface area contributed by atoms with Gasteiger partial charge in [0.1, 0.15) is 6.61 Å². The molecular formula is C16H27NO5. The summed E-state index contributed by atoms with van der Waals surface area (Å²) in [5, 5.41) is 11.9. The summed E-state index contributed by atoms with van der Waals surface area (Å²) >= 11 is 0. The van der Waals surface area contributed by atoms with Crippen LogP contribution >= 0.6 is 0 Å². The lowest BCUT2D eigenvalue weighted by Gasteiger charge is -2.27. The average molecular weight is 313 g/mol. The number of carbonyl (C=O) groups excluding carboxylic acids is 2. The summed E-state index contributed by atoms with van der Waals surface area (Å²) in [6.07, 6.45) is 3.56. The first-order chi connectivity index (χ1) is 10.3. The molecule has 0 aromatic heterocycles. The van der Waals surface area contributed by atoms with E-state index in [0.717, 1.165) is 12.8 Å². The molecule has 2 atom stereocenters. The van der Waals surface area contributed by atoms with Gasteiger partial charge in [-0.1, -0.05) is 19.8 Å². The van der Waals surface area contributed by atoms with E-state index < -0.39 is 23.2 Å². The molecule has 1 rings (SSSR count). The van der Waals surface area contributed by atoms with Crippen LogP contribution in [0.15, 0.2) is 0 Å². The summed E-state index contributed by atoms with van der Waals surface area (Å²) in [5.41, 5.74) is -0.526. The lowest BCUT2D eigenvalue weighted by atomic mass is 9.79. The minimum Gasteiger partial charge on any atom is -0.481 e. The van der Waals surface area contributed by atoms with Gasteiger partial charge < -0.3 is 15.2 Å². The smallest absolute Gasteiger partial charge is 0.311 e. The molecule has 1 aliphatic carbocycles. The Bertz CT molecular complexity index is 419. The van der Waals surface area contributed by atoms with Crippen molar-refractivity contribution in [2.45, 2.75) is 52.9 Å². The van der Waals surface area contributed by atoms with Crippen LogP contribution in [0.3, 0.4) is 0 Å². The molecule has 1 fully saturated rings. The van der Waals surface area contributed by atoms with Crippen molar-refractivity contribution in [3.8, 4) is 0 Å². The zero-order valence-electron chi connectivity index (χ0n) is 13.7. The molecule has 2 N–H and O–H groups in total. The molecule has 0 saturated heterocycles. The Balaban J connectivity index is 2.36. The maximum Gasteiger partial charge on any atom is 0.311 e. The second-order valence-electron chi connectivity index (χ2n) is 6.50. The van der Waals surface area contributed by atoms with Gasteiger partial charge in [-0.25, -0.2) is 0 Å². The van der Waals surface area contributed by atoms with Crippen LogP contribution in [0.2, 0.25) is 0 Å². The minimum absolute atomic E-state index is 0.110. The molecule has 0 aromatic carbocycles. The highest BCUT2D eigenvalue weighted by atomic mass is 16.5. The number of carboxylic acids is 1. The van der Waals surface area contributed by atoms with E-state index in [1.807, 2.05) is 20.8 Å². The van der Waals surface area contributed by atoms with Crippen LogP contribution in [0.5, 0.6) is 0 Å². The first kappa shape index (κ1) is 18.5. The molecule has 6 nitrogen and oxygen atoms in total. The number of carboxylic acid groups (broad SMARTS) is 1. The third kappa shape index (κ3) is 5.00. The Kier molecular flexibility index (Phi) is 6.84. The summed E-state index contributed by atoms with van der Waals surface area (Å²) in [4.78, 5) is 35.0. The van der Waals surface area contributed by atoms with E-state index in [1.165, 1.54) is 0 Å². The van der Waals surface area contributed by atoms with E-state index in [-0.39, 0.29) is 25.0 Å². The van der Waals surface area contributed by atoms with Crippen LogP contribution in [-0.2, 0) is 19.1 Å². The maximum absolute atomic E-state index is 12.1. The summed E-state index contributed by atoms with van der Waals surface area (Å²) in [6, 6.07) is 0. The van der Waals surface area contributed by atoms with Gasteiger partial charge in [-0.05, 0) is 33.1 Å². The van der Waals surface area contributed by atoms with Crippen molar-refractivity contribution in [2.24, 2.45) is 17.3 Å². The van der Waals surface area contributed by atoms with Crippen molar-refractivity contribution < 1.29 is 24.2 Å². The van der Waals surface area contributed by atoms with Crippen LogP contribution in [0, 0.1) is 17.3 Å². The summed E-state index contributed by atoms with van der Waals surface area (Å²) in [7, 11) is 0. The first-order valence-electron chi connectivity index (χ1n) is 7.97. The predicted octanol–water partition coefficient (Wildman–Crippen LogP) is 1.97. The number of hydrogen-bond acceptors (Lipinski definition) is 4. The van der Waals surface area contributed by atoms with E-state index >= 15 is 0 Å². The van der Waals surface area contributed by atoms with E-state index in [1.54, 1.807) is 0 Å². The van der Waals surface area contributed by atoms with Crippen molar-refractivity contribution in [2.75, 3.05) is 13.2 Å². The molecule has 0 aromatic rings. The zero-order valence-corrected chi connectivity index (χ0v) is 13.7. The number of hydrogen-bond donors (Lipinski definition) is 2. The molecule has 1 aliphatic rings. The van der Waals surface area contributed by atoms with Gasteiger partial charge in [0, 0.05) is 0 Å². The van der Waals surface area contributed by atoms with Crippen LogP contribution in [0.4, 0.5) is 0 Å². The van der Waals surface area contributed by atoms with Crippen molar-refractivity contribution in [1.29, 1.82) is 0 Å². The SMILES string of the molecule is CCC(C)(C)C(=O)OCCNC(=O)C1CCCCC1C(=O)O.